The quantitative estimate of drug-likeness (QED) is 0.845. The van der Waals surface area contributed by atoms with Gasteiger partial charge < -0.3 is 14.8 Å². The molecule has 1 atom stereocenters. The fourth-order valence-corrected chi connectivity index (χ4v) is 2.51. The number of nitrogens with zero attached hydrogens (tertiary/aromatic N) is 2. The van der Waals surface area contributed by atoms with E-state index in [1.54, 1.807) is 20.4 Å². The van der Waals surface area contributed by atoms with Crippen molar-refractivity contribution in [1.29, 1.82) is 0 Å². The van der Waals surface area contributed by atoms with Crippen LogP contribution in [0.2, 0.25) is 0 Å². The highest BCUT2D eigenvalue weighted by Crippen LogP contribution is 2.29. The van der Waals surface area contributed by atoms with Crippen LogP contribution < -0.4 is 14.8 Å². The van der Waals surface area contributed by atoms with Crippen LogP contribution in [0.3, 0.4) is 0 Å². The van der Waals surface area contributed by atoms with Crippen LogP contribution in [0.25, 0.3) is 0 Å². The van der Waals surface area contributed by atoms with Gasteiger partial charge in [0.1, 0.15) is 17.8 Å². The number of aromatic nitrogens is 2. The Hall–Kier alpha value is -2.63. The number of methoxy groups -OCH3 is 2. The topological polar surface area (TPSA) is 73.3 Å². The number of nitrogens with one attached hydrogen (secondary N) is 1. The average molecular weight is 329 g/mol. The molecule has 0 saturated carbocycles. The summed E-state index contributed by atoms with van der Waals surface area (Å²) in [6.07, 6.45) is 4.68. The first-order valence-electron chi connectivity index (χ1n) is 7.92. The first-order chi connectivity index (χ1) is 11.6. The molecule has 0 saturated heterocycles. The maximum Gasteiger partial charge on any atom is 0.255 e. The van der Waals surface area contributed by atoms with E-state index < -0.39 is 0 Å². The first-order valence-corrected chi connectivity index (χ1v) is 7.92. The highest BCUT2D eigenvalue weighted by atomic mass is 16.5. The molecule has 6 heteroatoms. The second-order valence-corrected chi connectivity index (χ2v) is 5.44. The van der Waals surface area contributed by atoms with Crippen LogP contribution in [0.1, 0.15) is 47.9 Å². The Bertz CT molecular complexity index is 704. The van der Waals surface area contributed by atoms with E-state index in [0.717, 1.165) is 24.1 Å². The van der Waals surface area contributed by atoms with Gasteiger partial charge in [0.25, 0.3) is 5.91 Å². The van der Waals surface area contributed by atoms with Crippen LogP contribution in [0, 0.1) is 0 Å². The van der Waals surface area contributed by atoms with Crippen LogP contribution in [0.4, 0.5) is 0 Å². The minimum absolute atomic E-state index is 0.198. The van der Waals surface area contributed by atoms with Gasteiger partial charge in [-0.05, 0) is 31.5 Å². The summed E-state index contributed by atoms with van der Waals surface area (Å²) in [5.74, 6) is 1.21. The van der Waals surface area contributed by atoms with Crippen LogP contribution in [-0.2, 0) is 6.42 Å². The summed E-state index contributed by atoms with van der Waals surface area (Å²) in [4.78, 5) is 20.8. The SMILES string of the molecule is CCCc1ncncc1C(=O)N[C@H](C)c1cc(OC)ccc1OC. The van der Waals surface area contributed by atoms with Gasteiger partial charge in [-0.3, -0.25) is 4.79 Å². The molecule has 2 aromatic rings. The smallest absolute Gasteiger partial charge is 0.255 e. The number of rotatable bonds is 7. The Kier molecular flexibility index (Phi) is 6.12. The van der Waals surface area contributed by atoms with Crippen LogP contribution in [0.15, 0.2) is 30.7 Å². The van der Waals surface area contributed by atoms with Crippen LogP contribution >= 0.6 is 0 Å². The molecule has 2 rings (SSSR count). The van der Waals surface area contributed by atoms with Gasteiger partial charge in [-0.2, -0.15) is 0 Å². The van der Waals surface area contributed by atoms with Crippen molar-refractivity contribution in [3.63, 3.8) is 0 Å². The molecule has 1 heterocycles. The third kappa shape index (κ3) is 4.01. The lowest BCUT2D eigenvalue weighted by atomic mass is 10.1. The van der Waals surface area contributed by atoms with E-state index in [2.05, 4.69) is 15.3 Å². The number of hydrogen-bond acceptors (Lipinski definition) is 5. The Morgan fingerprint density at radius 2 is 2.08 bits per heavy atom. The van der Waals surface area contributed by atoms with E-state index in [-0.39, 0.29) is 11.9 Å². The zero-order chi connectivity index (χ0) is 17.5. The lowest BCUT2D eigenvalue weighted by molar-refractivity contribution is 0.0937. The molecule has 0 fully saturated rings. The number of ether oxygens (including phenoxy) is 2. The minimum Gasteiger partial charge on any atom is -0.497 e. The van der Waals surface area contributed by atoms with Crippen molar-refractivity contribution in [3.8, 4) is 11.5 Å². The van der Waals surface area contributed by atoms with Gasteiger partial charge in [-0.15, -0.1) is 0 Å². The van der Waals surface area contributed by atoms with E-state index in [1.165, 1.54) is 6.33 Å². The minimum atomic E-state index is -0.253. The second-order valence-electron chi connectivity index (χ2n) is 5.44. The van der Waals surface area contributed by atoms with Crippen molar-refractivity contribution in [1.82, 2.24) is 15.3 Å². The number of carbonyl (C=O) groups is 1. The number of carbonyl (C=O) groups excluding carboxylic acids is 1. The Morgan fingerprint density at radius 1 is 1.29 bits per heavy atom. The molecule has 0 aliphatic carbocycles. The summed E-state index contributed by atoms with van der Waals surface area (Å²) in [7, 11) is 3.21. The van der Waals surface area contributed by atoms with Gasteiger partial charge in [-0.25, -0.2) is 9.97 Å². The van der Waals surface area contributed by atoms with Crippen molar-refractivity contribution >= 4 is 5.91 Å². The number of amides is 1. The predicted octanol–water partition coefficient (Wildman–Crippen LogP) is 2.94. The Labute approximate surface area is 142 Å². The summed E-state index contributed by atoms with van der Waals surface area (Å²) in [6, 6.07) is 5.25. The zero-order valence-corrected chi connectivity index (χ0v) is 14.5. The molecule has 24 heavy (non-hydrogen) atoms. The largest absolute Gasteiger partial charge is 0.497 e. The van der Waals surface area contributed by atoms with Crippen molar-refractivity contribution in [2.24, 2.45) is 0 Å². The van der Waals surface area contributed by atoms with Crippen molar-refractivity contribution in [2.75, 3.05) is 14.2 Å². The van der Waals surface area contributed by atoms with Crippen LogP contribution in [0.5, 0.6) is 11.5 Å². The fraction of sp³-hybridized carbons (Fsp3) is 0.389. The van der Waals surface area contributed by atoms with Crippen molar-refractivity contribution in [2.45, 2.75) is 32.7 Å². The molecular weight excluding hydrogens is 306 g/mol. The molecule has 6 nitrogen and oxygen atoms in total. The molecule has 0 spiro atoms. The third-order valence-corrected chi connectivity index (χ3v) is 3.78. The van der Waals surface area contributed by atoms with Gasteiger partial charge in [0.2, 0.25) is 0 Å². The van der Waals surface area contributed by atoms with Gasteiger partial charge in [0.05, 0.1) is 31.5 Å². The van der Waals surface area contributed by atoms with Gasteiger partial charge in [-0.1, -0.05) is 13.3 Å². The standard InChI is InChI=1S/C18H23N3O3/c1-5-6-16-15(10-19-11-20-16)18(22)21-12(2)14-9-13(23-3)7-8-17(14)24-4/h7-12H,5-6H2,1-4H3,(H,21,22)/t12-/m1/s1. The molecular formula is C18H23N3O3. The molecule has 1 aromatic heterocycles. The number of aryl methyl sites for hydroxylation is 1. The van der Waals surface area contributed by atoms with E-state index in [4.69, 9.17) is 9.47 Å². The zero-order valence-electron chi connectivity index (χ0n) is 14.5. The van der Waals surface area contributed by atoms with E-state index in [0.29, 0.717) is 17.1 Å². The normalized spacial score (nSPS) is 11.7. The average Bonchev–Trinajstić information content (AvgIpc) is 2.61. The molecule has 1 amide bonds. The summed E-state index contributed by atoms with van der Waals surface area (Å²) >= 11 is 0. The lowest BCUT2D eigenvalue weighted by Gasteiger charge is -2.18. The monoisotopic (exact) mass is 329 g/mol. The number of hydrogen-bond donors (Lipinski definition) is 1. The van der Waals surface area contributed by atoms with Gasteiger partial charge in [0.15, 0.2) is 0 Å². The van der Waals surface area contributed by atoms with E-state index in [9.17, 15) is 4.79 Å². The molecule has 1 N–H and O–H groups in total. The predicted molar refractivity (Wildman–Crippen MR) is 91.5 cm³/mol. The fourth-order valence-electron chi connectivity index (χ4n) is 2.51. The summed E-state index contributed by atoms with van der Waals surface area (Å²) in [5, 5.41) is 2.98. The van der Waals surface area contributed by atoms with Crippen molar-refractivity contribution < 1.29 is 14.3 Å². The van der Waals surface area contributed by atoms with Crippen LogP contribution in [-0.4, -0.2) is 30.1 Å². The molecule has 0 unspecified atom stereocenters. The highest BCUT2D eigenvalue weighted by Gasteiger charge is 2.18. The molecule has 0 bridgehead atoms. The molecule has 0 aliphatic rings. The maximum atomic E-state index is 12.6. The van der Waals surface area contributed by atoms with E-state index >= 15 is 0 Å². The second kappa shape index (κ2) is 8.29. The Balaban J connectivity index is 2.23. The summed E-state index contributed by atoms with van der Waals surface area (Å²) in [5.41, 5.74) is 2.11. The third-order valence-electron chi connectivity index (χ3n) is 3.78. The number of benzene rings is 1. The molecule has 128 valence electrons. The summed E-state index contributed by atoms with van der Waals surface area (Å²) < 4.78 is 10.6. The summed E-state index contributed by atoms with van der Waals surface area (Å²) in [6.45, 7) is 3.95. The van der Waals surface area contributed by atoms with Gasteiger partial charge >= 0.3 is 0 Å². The van der Waals surface area contributed by atoms with Gasteiger partial charge in [0, 0.05) is 11.8 Å². The maximum absolute atomic E-state index is 12.6. The molecule has 0 radical (unpaired) electrons. The lowest BCUT2D eigenvalue weighted by Crippen LogP contribution is -2.28. The molecule has 1 aromatic carbocycles. The molecule has 0 aliphatic heterocycles. The first kappa shape index (κ1) is 17.7. The highest BCUT2D eigenvalue weighted by molar-refractivity contribution is 5.95. The van der Waals surface area contributed by atoms with Crippen molar-refractivity contribution in [3.05, 3.63) is 47.5 Å². The Morgan fingerprint density at radius 3 is 2.75 bits per heavy atom. The van der Waals surface area contributed by atoms with E-state index in [1.807, 2.05) is 32.0 Å².